The SMILES string of the molecule is O=C(Cc1cncc(-c2c[nH]c3ncc(Cl)cc23)n1)NCCC(F)(F)F. The number of aromatic nitrogens is 4. The van der Waals surface area contributed by atoms with E-state index in [-0.39, 0.29) is 6.42 Å². The van der Waals surface area contributed by atoms with Crippen LogP contribution in [0.25, 0.3) is 22.3 Å². The minimum absolute atomic E-state index is 0.167. The quantitative estimate of drug-likeness (QED) is 0.708. The Bertz CT molecular complexity index is 941. The molecule has 0 aliphatic heterocycles. The molecule has 0 aromatic carbocycles. The van der Waals surface area contributed by atoms with Crippen LogP contribution in [0.5, 0.6) is 0 Å². The van der Waals surface area contributed by atoms with Crippen LogP contribution in [0.2, 0.25) is 5.02 Å². The highest BCUT2D eigenvalue weighted by atomic mass is 35.5. The van der Waals surface area contributed by atoms with Gasteiger partial charge in [-0.05, 0) is 6.07 Å². The lowest BCUT2D eigenvalue weighted by atomic mass is 10.1. The summed E-state index contributed by atoms with van der Waals surface area (Å²) < 4.78 is 36.3. The molecule has 6 nitrogen and oxygen atoms in total. The Labute approximate surface area is 150 Å². The molecule has 0 bridgehead atoms. The lowest BCUT2D eigenvalue weighted by Crippen LogP contribution is -2.29. The summed E-state index contributed by atoms with van der Waals surface area (Å²) in [4.78, 5) is 27.3. The number of amides is 1. The number of pyridine rings is 1. The predicted octanol–water partition coefficient (Wildman–Crippen LogP) is 3.28. The van der Waals surface area contributed by atoms with Gasteiger partial charge in [0, 0.05) is 36.1 Å². The highest BCUT2D eigenvalue weighted by Gasteiger charge is 2.26. The second kappa shape index (κ2) is 7.28. The molecule has 3 heterocycles. The molecule has 3 aromatic rings. The van der Waals surface area contributed by atoms with Gasteiger partial charge in [-0.25, -0.2) is 9.97 Å². The van der Waals surface area contributed by atoms with Gasteiger partial charge in [-0.15, -0.1) is 0 Å². The van der Waals surface area contributed by atoms with E-state index in [9.17, 15) is 18.0 Å². The van der Waals surface area contributed by atoms with Crippen molar-refractivity contribution in [3.8, 4) is 11.3 Å². The Balaban J connectivity index is 1.74. The Kier molecular flexibility index (Phi) is 5.08. The van der Waals surface area contributed by atoms with Crippen molar-refractivity contribution in [3.05, 3.63) is 41.6 Å². The van der Waals surface area contributed by atoms with E-state index in [2.05, 4.69) is 25.3 Å². The van der Waals surface area contributed by atoms with E-state index < -0.39 is 25.0 Å². The third-order valence-electron chi connectivity index (χ3n) is 3.53. The molecule has 0 spiro atoms. The number of nitrogens with one attached hydrogen (secondary N) is 2. The number of hydrogen-bond donors (Lipinski definition) is 2. The third-order valence-corrected chi connectivity index (χ3v) is 3.74. The maximum atomic E-state index is 12.1. The Morgan fingerprint density at radius 3 is 2.85 bits per heavy atom. The number of halogens is 4. The summed E-state index contributed by atoms with van der Waals surface area (Å²) in [6, 6.07) is 1.73. The normalized spacial score (nSPS) is 11.7. The lowest BCUT2D eigenvalue weighted by Gasteiger charge is -2.08. The minimum atomic E-state index is -4.31. The smallest absolute Gasteiger partial charge is 0.355 e. The molecule has 0 saturated carbocycles. The van der Waals surface area contributed by atoms with E-state index >= 15 is 0 Å². The molecule has 0 saturated heterocycles. The van der Waals surface area contributed by atoms with Gasteiger partial charge in [0.25, 0.3) is 0 Å². The zero-order valence-corrected chi connectivity index (χ0v) is 14.0. The molecule has 136 valence electrons. The molecule has 0 radical (unpaired) electrons. The van der Waals surface area contributed by atoms with E-state index in [0.717, 1.165) is 5.39 Å². The fourth-order valence-electron chi connectivity index (χ4n) is 2.38. The lowest BCUT2D eigenvalue weighted by molar-refractivity contribution is -0.135. The van der Waals surface area contributed by atoms with Crippen molar-refractivity contribution in [1.29, 1.82) is 0 Å². The molecule has 26 heavy (non-hydrogen) atoms. The Morgan fingerprint density at radius 1 is 1.27 bits per heavy atom. The first-order valence-electron chi connectivity index (χ1n) is 7.59. The molecule has 0 atom stereocenters. The van der Waals surface area contributed by atoms with E-state index in [0.29, 0.717) is 27.6 Å². The summed E-state index contributed by atoms with van der Waals surface area (Å²) in [5.41, 5.74) is 2.18. The molecule has 3 aromatic heterocycles. The number of H-pyrrole nitrogens is 1. The standard InChI is InChI=1S/C16H13ClF3N5O/c17-9-3-11-12(7-24-15(11)23-5-9)13-8-21-6-10(25-13)4-14(26)22-2-1-16(18,19)20/h3,5-8H,1-2,4H2,(H,22,26)(H,23,24). The summed E-state index contributed by atoms with van der Waals surface area (Å²) in [5.74, 6) is -0.552. The van der Waals surface area contributed by atoms with Crippen LogP contribution in [-0.2, 0) is 11.2 Å². The van der Waals surface area contributed by atoms with Crippen LogP contribution in [0.3, 0.4) is 0 Å². The number of aromatic amines is 1. The number of carbonyl (C=O) groups is 1. The molecule has 0 fully saturated rings. The van der Waals surface area contributed by atoms with E-state index in [4.69, 9.17) is 11.6 Å². The van der Waals surface area contributed by atoms with Crippen molar-refractivity contribution < 1.29 is 18.0 Å². The molecule has 1 amide bonds. The van der Waals surface area contributed by atoms with Gasteiger partial charge < -0.3 is 10.3 Å². The van der Waals surface area contributed by atoms with Gasteiger partial charge in [-0.1, -0.05) is 11.6 Å². The van der Waals surface area contributed by atoms with Gasteiger partial charge >= 0.3 is 6.18 Å². The second-order valence-corrected chi connectivity index (χ2v) is 5.98. The number of carbonyl (C=O) groups excluding carboxylic acids is 1. The molecule has 10 heteroatoms. The minimum Gasteiger partial charge on any atom is -0.355 e. The highest BCUT2D eigenvalue weighted by molar-refractivity contribution is 6.31. The first kappa shape index (κ1) is 18.1. The van der Waals surface area contributed by atoms with E-state index in [1.165, 1.54) is 18.6 Å². The molecular weight excluding hydrogens is 371 g/mol. The molecule has 0 aliphatic carbocycles. The van der Waals surface area contributed by atoms with Crippen LogP contribution in [0, 0.1) is 0 Å². The molecule has 3 rings (SSSR count). The number of alkyl halides is 3. The first-order valence-corrected chi connectivity index (χ1v) is 7.97. The first-order chi connectivity index (χ1) is 12.3. The summed E-state index contributed by atoms with van der Waals surface area (Å²) >= 11 is 5.97. The molecule has 0 unspecified atom stereocenters. The second-order valence-electron chi connectivity index (χ2n) is 5.54. The number of nitrogens with zero attached hydrogens (tertiary/aromatic N) is 3. The predicted molar refractivity (Wildman–Crippen MR) is 89.5 cm³/mol. The Hall–Kier alpha value is -2.68. The van der Waals surface area contributed by atoms with Gasteiger partial charge in [0.1, 0.15) is 5.65 Å². The van der Waals surface area contributed by atoms with E-state index in [1.54, 1.807) is 12.3 Å². The van der Waals surface area contributed by atoms with Crippen molar-refractivity contribution >= 4 is 28.5 Å². The van der Waals surface area contributed by atoms with Gasteiger partial charge in [0.15, 0.2) is 0 Å². The van der Waals surface area contributed by atoms with Crippen LogP contribution in [0.4, 0.5) is 13.2 Å². The van der Waals surface area contributed by atoms with Crippen molar-refractivity contribution in [2.75, 3.05) is 6.54 Å². The Morgan fingerprint density at radius 2 is 2.08 bits per heavy atom. The van der Waals surface area contributed by atoms with Crippen LogP contribution < -0.4 is 5.32 Å². The average molecular weight is 384 g/mol. The average Bonchev–Trinajstić information content (AvgIpc) is 2.96. The topological polar surface area (TPSA) is 83.6 Å². The van der Waals surface area contributed by atoms with E-state index in [1.807, 2.05) is 0 Å². The highest BCUT2D eigenvalue weighted by Crippen LogP contribution is 2.27. The summed E-state index contributed by atoms with van der Waals surface area (Å²) in [6.45, 7) is -0.470. The summed E-state index contributed by atoms with van der Waals surface area (Å²) in [6.07, 6.45) is 0.579. The monoisotopic (exact) mass is 383 g/mol. The van der Waals surface area contributed by atoms with Crippen LogP contribution in [0.1, 0.15) is 12.1 Å². The van der Waals surface area contributed by atoms with Crippen molar-refractivity contribution in [3.63, 3.8) is 0 Å². The van der Waals surface area contributed by atoms with Crippen LogP contribution in [0.15, 0.2) is 30.9 Å². The third kappa shape index (κ3) is 4.48. The maximum Gasteiger partial charge on any atom is 0.390 e. The van der Waals surface area contributed by atoms with Gasteiger partial charge in [-0.2, -0.15) is 13.2 Å². The fraction of sp³-hybridized carbons (Fsp3) is 0.250. The number of hydrogen-bond acceptors (Lipinski definition) is 4. The summed E-state index contributed by atoms with van der Waals surface area (Å²) in [5, 5.41) is 3.43. The van der Waals surface area contributed by atoms with Crippen LogP contribution in [-0.4, -0.2) is 38.6 Å². The zero-order valence-electron chi connectivity index (χ0n) is 13.3. The number of fused-ring (bicyclic) bond motifs is 1. The largest absolute Gasteiger partial charge is 0.390 e. The molecule has 0 aliphatic rings. The molecule has 2 N–H and O–H groups in total. The summed E-state index contributed by atoms with van der Waals surface area (Å²) in [7, 11) is 0. The van der Waals surface area contributed by atoms with Crippen molar-refractivity contribution in [1.82, 2.24) is 25.3 Å². The van der Waals surface area contributed by atoms with Gasteiger partial charge in [0.05, 0.1) is 35.4 Å². The van der Waals surface area contributed by atoms with Crippen LogP contribution >= 0.6 is 11.6 Å². The van der Waals surface area contributed by atoms with Crippen molar-refractivity contribution in [2.45, 2.75) is 19.0 Å². The fourth-order valence-corrected chi connectivity index (χ4v) is 2.54. The van der Waals surface area contributed by atoms with Gasteiger partial charge in [-0.3, -0.25) is 9.78 Å². The maximum absolute atomic E-state index is 12.1. The van der Waals surface area contributed by atoms with Gasteiger partial charge in [0.2, 0.25) is 5.91 Å². The molecular formula is C16H13ClF3N5O. The zero-order chi connectivity index (χ0) is 18.7. The number of rotatable bonds is 5. The van der Waals surface area contributed by atoms with Crippen molar-refractivity contribution in [2.24, 2.45) is 0 Å².